The van der Waals surface area contributed by atoms with Gasteiger partial charge in [-0.2, -0.15) is 0 Å². The van der Waals surface area contributed by atoms with Gasteiger partial charge in [0.2, 0.25) is 0 Å². The average Bonchev–Trinajstić information content (AvgIpc) is 2.10. The fraction of sp³-hybridized carbons (Fsp3) is 1.00. The number of hydrogen-bond acceptors (Lipinski definition) is 7. The van der Waals surface area contributed by atoms with Crippen LogP contribution < -0.4 is 19.3 Å². The fourth-order valence-corrected chi connectivity index (χ4v) is 3.31. The molecule has 0 spiro atoms. The van der Waals surface area contributed by atoms with Crippen molar-refractivity contribution in [2.24, 2.45) is 0 Å². The van der Waals surface area contributed by atoms with Crippen molar-refractivity contribution in [3.8, 4) is 0 Å². The first kappa shape index (κ1) is 21.1. The molecule has 0 aromatic heterocycles. The van der Waals surface area contributed by atoms with E-state index >= 15 is 0 Å². The number of hydrogen-bond donors (Lipinski definition) is 0. The second kappa shape index (κ2) is 8.09. The maximum absolute atomic E-state index is 5.70. The summed E-state index contributed by atoms with van der Waals surface area (Å²) in [4.78, 5) is 20.2. The Morgan fingerprint density at radius 2 is 1.35 bits per heavy atom. The summed E-state index contributed by atoms with van der Waals surface area (Å²) in [5.41, 5.74) is 0. The van der Waals surface area contributed by atoms with Gasteiger partial charge in [-0.15, -0.1) is 0 Å². The van der Waals surface area contributed by atoms with E-state index in [4.69, 9.17) is 19.4 Å². The minimum atomic E-state index is -2.67. The molecule has 9 nitrogen and oxygen atoms in total. The molecule has 0 atom stereocenters. The van der Waals surface area contributed by atoms with Gasteiger partial charge in [0.1, 0.15) is 0 Å². The molecule has 0 aliphatic rings. The molecule has 0 aromatic rings. The van der Waals surface area contributed by atoms with E-state index < -0.39 is 19.3 Å². The maximum atomic E-state index is 5.70. The van der Waals surface area contributed by atoms with Gasteiger partial charge in [-0.1, -0.05) is 0 Å². The molecule has 0 bridgehead atoms. The van der Waals surface area contributed by atoms with Crippen LogP contribution >= 0.6 is 23.0 Å². The van der Waals surface area contributed by atoms with Gasteiger partial charge >= 0.3 is 141 Å². The summed E-state index contributed by atoms with van der Waals surface area (Å²) >= 11 is -0.826. The van der Waals surface area contributed by atoms with Gasteiger partial charge in [0.05, 0.1) is 0 Å². The monoisotopic (exact) mass is 525 g/mol. The normalized spacial score (nSPS) is 15.2. The van der Waals surface area contributed by atoms with Crippen LogP contribution in [0.4, 0.5) is 0 Å². The van der Waals surface area contributed by atoms with Gasteiger partial charge < -0.3 is 0 Å². The zero-order chi connectivity index (χ0) is 16.2. The van der Waals surface area contributed by atoms with Crippen molar-refractivity contribution >= 4 is 23.0 Å². The average molecular weight is 525 g/mol. The number of hydroxylamine groups is 12. The molecule has 0 N–H and O–H groups in total. The van der Waals surface area contributed by atoms with Crippen molar-refractivity contribution < 1.29 is 48.3 Å². The molecule has 0 radical (unpaired) electrons. The van der Waals surface area contributed by atoms with Crippen LogP contribution in [0.3, 0.4) is 0 Å². The van der Waals surface area contributed by atoms with Crippen molar-refractivity contribution in [1.29, 1.82) is 0 Å². The number of quaternary nitrogens is 2. The molecule has 0 fully saturated rings. The van der Waals surface area contributed by atoms with Crippen LogP contribution in [0.5, 0.6) is 0 Å². The second-order valence-corrected chi connectivity index (χ2v) is 14.2. The van der Waals surface area contributed by atoms with Gasteiger partial charge in [-0.3, -0.25) is 0 Å². The van der Waals surface area contributed by atoms with Gasteiger partial charge in [-0.05, 0) is 0 Å². The van der Waals surface area contributed by atoms with Crippen LogP contribution in [0.1, 0.15) is 0 Å². The Morgan fingerprint density at radius 3 is 1.75 bits per heavy atom. The van der Waals surface area contributed by atoms with Crippen LogP contribution in [-0.4, -0.2) is 79.1 Å². The molecule has 11 heteroatoms. The number of nitrogens with zero attached hydrogens (tertiary/aromatic N) is 4. The number of halogens is 2. The van der Waals surface area contributed by atoms with Crippen molar-refractivity contribution in [2.75, 3.05) is 59.2 Å². The summed E-state index contributed by atoms with van der Waals surface area (Å²) < 4.78 is 10.9. The molecule has 0 aliphatic carbocycles. The van der Waals surface area contributed by atoms with Gasteiger partial charge in [0.15, 0.2) is 0 Å². The van der Waals surface area contributed by atoms with Crippen LogP contribution in [0, 0.1) is 0 Å². The first-order valence-corrected chi connectivity index (χ1v) is 12.6. The summed E-state index contributed by atoms with van der Waals surface area (Å²) in [5.74, 6) is 0. The third-order valence-corrected chi connectivity index (χ3v) is 9.15. The third-order valence-electron chi connectivity index (χ3n) is 1.47. The topological polar surface area (TPSA) is 52.6 Å². The molecular formula is C9H27I2N4O5+. The van der Waals surface area contributed by atoms with E-state index in [2.05, 4.69) is 0 Å². The SMILES string of the molecule is CN(C)O[N+](C)(C)O[N+](C)(C)ON(C)O[I-](C)(C)OI. The summed E-state index contributed by atoms with van der Waals surface area (Å²) in [5, 5.41) is 2.80. The zero-order valence-corrected chi connectivity index (χ0v) is 17.9. The Kier molecular flexibility index (Phi) is 8.54. The standard InChI is InChI=1S/C9H27I2N4O5/c1-11(2,16-10)17-13(5)19-15(8,9)20-14(6,7)18-12(3)4/h1-9H3/q+1. The quantitative estimate of drug-likeness (QED) is 0.146. The van der Waals surface area contributed by atoms with E-state index in [-0.39, 0.29) is 9.62 Å². The Bertz CT molecular complexity index is 304. The van der Waals surface area contributed by atoms with Crippen molar-refractivity contribution in [3.63, 3.8) is 0 Å². The Labute approximate surface area is 140 Å². The molecule has 0 unspecified atom stereocenters. The molecule has 0 amide bonds. The summed E-state index contributed by atoms with van der Waals surface area (Å²) in [6, 6.07) is 0. The van der Waals surface area contributed by atoms with Crippen LogP contribution in [0.15, 0.2) is 0 Å². The first-order valence-electron chi connectivity index (χ1n) is 5.63. The molecule has 0 saturated heterocycles. The molecule has 0 saturated carbocycles. The Balaban J connectivity index is 4.51. The minimum absolute atomic E-state index is 0.180. The van der Waals surface area contributed by atoms with Crippen molar-refractivity contribution in [3.05, 3.63) is 0 Å². The molecule has 0 rings (SSSR count). The second-order valence-electron chi connectivity index (χ2n) is 5.19. The fourth-order valence-electron chi connectivity index (χ4n) is 1.43. The molecule has 0 aliphatic heterocycles. The van der Waals surface area contributed by atoms with E-state index in [1.54, 1.807) is 54.4 Å². The summed E-state index contributed by atoms with van der Waals surface area (Å²) in [6.07, 6.45) is 0. The predicted molar refractivity (Wildman–Crippen MR) is 77.0 cm³/mol. The number of rotatable bonds is 9. The first-order chi connectivity index (χ1) is 8.79. The molecule has 0 aromatic carbocycles. The molecule has 20 heavy (non-hydrogen) atoms. The summed E-state index contributed by atoms with van der Waals surface area (Å²) in [7, 11) is 12.1. The van der Waals surface area contributed by atoms with E-state index in [0.29, 0.717) is 0 Å². The molecular weight excluding hydrogens is 498 g/mol. The van der Waals surface area contributed by atoms with Crippen LogP contribution in [-0.2, 0) is 19.4 Å². The van der Waals surface area contributed by atoms with Gasteiger partial charge in [0, 0.05) is 0 Å². The molecule has 0 heterocycles. The van der Waals surface area contributed by atoms with E-state index in [1.807, 2.05) is 32.9 Å². The van der Waals surface area contributed by atoms with Gasteiger partial charge in [0.25, 0.3) is 0 Å². The van der Waals surface area contributed by atoms with E-state index in [9.17, 15) is 0 Å². The third kappa shape index (κ3) is 9.93. The van der Waals surface area contributed by atoms with Gasteiger partial charge in [-0.25, -0.2) is 0 Å². The number of alkyl halides is 2. The van der Waals surface area contributed by atoms with Crippen molar-refractivity contribution in [2.45, 2.75) is 0 Å². The Hall–Kier alpha value is 1.10. The zero-order valence-electron chi connectivity index (χ0n) is 13.6. The predicted octanol–water partition coefficient (Wildman–Crippen LogP) is -2.28. The van der Waals surface area contributed by atoms with Crippen molar-refractivity contribution in [1.82, 2.24) is 10.3 Å². The van der Waals surface area contributed by atoms with Crippen LogP contribution in [0.25, 0.3) is 0 Å². The van der Waals surface area contributed by atoms with Crippen LogP contribution in [0.2, 0.25) is 0 Å². The summed E-state index contributed by atoms with van der Waals surface area (Å²) in [6.45, 7) is 0. The van der Waals surface area contributed by atoms with E-state index in [1.165, 1.54) is 5.23 Å². The van der Waals surface area contributed by atoms with E-state index in [0.717, 1.165) is 0 Å². The Morgan fingerprint density at radius 1 is 0.900 bits per heavy atom. The molecule has 126 valence electrons.